The Labute approximate surface area is 163 Å². The molecule has 0 spiro atoms. The molecule has 0 radical (unpaired) electrons. The number of hydrogen-bond acceptors (Lipinski definition) is 3. The summed E-state index contributed by atoms with van der Waals surface area (Å²) in [4.78, 5) is 16.6. The third-order valence-corrected chi connectivity index (χ3v) is 4.97. The molecule has 0 saturated carbocycles. The monoisotopic (exact) mass is 385 g/mol. The average Bonchev–Trinajstić information content (AvgIpc) is 2.64. The third-order valence-electron chi connectivity index (χ3n) is 3.57. The number of amides is 1. The fourth-order valence-electron chi connectivity index (χ4n) is 2.46. The zero-order valence-corrected chi connectivity index (χ0v) is 16.2. The minimum atomic E-state index is -0.279. The largest absolute Gasteiger partial charge is 0.494 e. The van der Waals surface area contributed by atoms with Gasteiger partial charge in [-0.2, -0.15) is 0 Å². The molecule has 0 bridgehead atoms. The van der Waals surface area contributed by atoms with Gasteiger partial charge in [-0.1, -0.05) is 61.8 Å². The van der Waals surface area contributed by atoms with Gasteiger partial charge in [-0.05, 0) is 37.3 Å². The molecule has 1 aromatic carbocycles. The highest BCUT2D eigenvalue weighted by molar-refractivity contribution is 8.03. The summed E-state index contributed by atoms with van der Waals surface area (Å²) in [6.07, 6.45) is 6.38. The highest BCUT2D eigenvalue weighted by atomic mass is 35.5. The van der Waals surface area contributed by atoms with Gasteiger partial charge < -0.3 is 4.74 Å². The van der Waals surface area contributed by atoms with Gasteiger partial charge in [0.2, 0.25) is 0 Å². The highest BCUT2D eigenvalue weighted by Gasteiger charge is 2.29. The van der Waals surface area contributed by atoms with Gasteiger partial charge in [0.1, 0.15) is 5.76 Å². The number of allylic oxidation sites excluding steroid dienone is 3. The maximum absolute atomic E-state index is 13.3. The van der Waals surface area contributed by atoms with Gasteiger partial charge in [0.15, 0.2) is 0 Å². The first-order valence-electron chi connectivity index (χ1n) is 7.93. The SMILES string of the molecule is C=CC1=C(C=C)N(C(=O)/C(C=C)=C/C(=C)OCC)c2cc(Cl)ccc2S1. The van der Waals surface area contributed by atoms with E-state index in [1.807, 2.05) is 13.0 Å². The van der Waals surface area contributed by atoms with Crippen molar-refractivity contribution in [2.75, 3.05) is 11.5 Å². The van der Waals surface area contributed by atoms with Gasteiger partial charge in [0, 0.05) is 20.4 Å². The highest BCUT2D eigenvalue weighted by Crippen LogP contribution is 2.45. The van der Waals surface area contributed by atoms with Crippen molar-refractivity contribution in [2.24, 2.45) is 0 Å². The molecule has 0 N–H and O–H groups in total. The van der Waals surface area contributed by atoms with Crippen LogP contribution in [0.2, 0.25) is 5.02 Å². The predicted octanol–water partition coefficient (Wildman–Crippen LogP) is 6.02. The van der Waals surface area contributed by atoms with Crippen molar-refractivity contribution in [2.45, 2.75) is 11.8 Å². The zero-order chi connectivity index (χ0) is 19.3. The Morgan fingerprint density at radius 3 is 2.62 bits per heavy atom. The number of carbonyl (C=O) groups is 1. The summed E-state index contributed by atoms with van der Waals surface area (Å²) in [5.74, 6) is 0.112. The topological polar surface area (TPSA) is 29.5 Å². The maximum Gasteiger partial charge on any atom is 0.263 e. The van der Waals surface area contributed by atoms with Crippen molar-refractivity contribution in [3.05, 3.63) is 95.8 Å². The van der Waals surface area contributed by atoms with Crippen LogP contribution in [0.1, 0.15) is 6.92 Å². The van der Waals surface area contributed by atoms with E-state index >= 15 is 0 Å². The number of hydrogen-bond donors (Lipinski definition) is 0. The van der Waals surface area contributed by atoms with Crippen LogP contribution in [0.5, 0.6) is 0 Å². The Balaban J connectivity index is 2.61. The third kappa shape index (κ3) is 4.03. The van der Waals surface area contributed by atoms with E-state index in [0.29, 0.717) is 34.3 Å². The fraction of sp³-hybridized carbons (Fsp3) is 0.0952. The van der Waals surface area contributed by atoms with E-state index in [-0.39, 0.29) is 5.91 Å². The van der Waals surface area contributed by atoms with Crippen LogP contribution >= 0.6 is 23.4 Å². The Hall–Kier alpha value is -2.43. The van der Waals surface area contributed by atoms with E-state index < -0.39 is 0 Å². The van der Waals surface area contributed by atoms with Gasteiger partial charge in [-0.25, -0.2) is 0 Å². The van der Waals surface area contributed by atoms with E-state index in [1.165, 1.54) is 17.8 Å². The molecule has 26 heavy (non-hydrogen) atoms. The zero-order valence-electron chi connectivity index (χ0n) is 14.6. The first-order valence-corrected chi connectivity index (χ1v) is 9.13. The van der Waals surface area contributed by atoms with Crippen LogP contribution in [-0.4, -0.2) is 12.5 Å². The summed E-state index contributed by atoms with van der Waals surface area (Å²) in [7, 11) is 0. The molecule has 5 heteroatoms. The molecule has 0 fully saturated rings. The molecule has 1 amide bonds. The van der Waals surface area contributed by atoms with Crippen LogP contribution in [0.4, 0.5) is 5.69 Å². The number of carbonyl (C=O) groups excluding carboxylic acids is 1. The normalized spacial score (nSPS) is 13.8. The second-order valence-electron chi connectivity index (χ2n) is 5.22. The predicted molar refractivity (Wildman–Crippen MR) is 111 cm³/mol. The molecule has 0 aliphatic carbocycles. The molecule has 134 valence electrons. The van der Waals surface area contributed by atoms with Crippen molar-refractivity contribution in [3.8, 4) is 0 Å². The number of thioether (sulfide) groups is 1. The first-order chi connectivity index (χ1) is 12.5. The van der Waals surface area contributed by atoms with Crippen molar-refractivity contribution in [3.63, 3.8) is 0 Å². The van der Waals surface area contributed by atoms with Crippen LogP contribution in [0.3, 0.4) is 0 Å². The number of nitrogens with zero attached hydrogens (tertiary/aromatic N) is 1. The number of anilines is 1. The lowest BCUT2D eigenvalue weighted by atomic mass is 10.1. The Bertz CT molecular complexity index is 852. The summed E-state index contributed by atoms with van der Waals surface area (Å²) in [6, 6.07) is 5.42. The molecule has 0 unspecified atom stereocenters. The van der Waals surface area contributed by atoms with E-state index in [2.05, 4.69) is 26.3 Å². The molecule has 0 atom stereocenters. The van der Waals surface area contributed by atoms with Crippen molar-refractivity contribution < 1.29 is 9.53 Å². The van der Waals surface area contributed by atoms with Gasteiger partial charge in [0.05, 0.1) is 18.0 Å². The molecular weight excluding hydrogens is 366 g/mol. The van der Waals surface area contributed by atoms with Crippen molar-refractivity contribution in [1.82, 2.24) is 0 Å². The van der Waals surface area contributed by atoms with Gasteiger partial charge >= 0.3 is 0 Å². The van der Waals surface area contributed by atoms with E-state index in [4.69, 9.17) is 16.3 Å². The number of halogens is 1. The minimum absolute atomic E-state index is 0.279. The quantitative estimate of drug-likeness (QED) is 0.326. The Kier molecular flexibility index (Phi) is 6.72. The number of fused-ring (bicyclic) bond motifs is 1. The Morgan fingerprint density at radius 1 is 1.31 bits per heavy atom. The second kappa shape index (κ2) is 8.79. The van der Waals surface area contributed by atoms with Crippen LogP contribution in [-0.2, 0) is 9.53 Å². The molecule has 1 aromatic rings. The Morgan fingerprint density at radius 2 is 2.04 bits per heavy atom. The number of ether oxygens (including phenoxy) is 1. The first kappa shape index (κ1) is 19.9. The van der Waals surface area contributed by atoms with Crippen molar-refractivity contribution >= 4 is 35.0 Å². The molecule has 1 aliphatic heterocycles. The summed E-state index contributed by atoms with van der Waals surface area (Å²) in [5.41, 5.74) is 1.67. The van der Waals surface area contributed by atoms with E-state index in [0.717, 1.165) is 9.80 Å². The van der Waals surface area contributed by atoms with Crippen LogP contribution in [0.15, 0.2) is 95.6 Å². The summed E-state index contributed by atoms with van der Waals surface area (Å²) in [6.45, 7) is 17.6. The minimum Gasteiger partial charge on any atom is -0.494 e. The lowest BCUT2D eigenvalue weighted by Crippen LogP contribution is -2.33. The standard InChI is InChI=1S/C21H20ClNO2S/c1-6-15(12-14(5)25-9-4)21(24)23-17(7-2)19(8-3)26-20-11-10-16(22)13-18(20)23/h6-8,10-13H,1-3,5,9H2,4H3/b15-12+. The average molecular weight is 386 g/mol. The number of benzene rings is 1. The molecule has 0 saturated heterocycles. The molecule has 2 rings (SSSR count). The molecule has 1 heterocycles. The van der Waals surface area contributed by atoms with Gasteiger partial charge in [-0.15, -0.1) is 0 Å². The molecule has 3 nitrogen and oxygen atoms in total. The molecule has 0 aromatic heterocycles. The van der Waals surface area contributed by atoms with Crippen LogP contribution < -0.4 is 4.90 Å². The molecular formula is C21H20ClNO2S. The summed E-state index contributed by atoms with van der Waals surface area (Å²) < 4.78 is 5.33. The summed E-state index contributed by atoms with van der Waals surface area (Å²) in [5, 5.41) is 0.537. The van der Waals surface area contributed by atoms with Crippen molar-refractivity contribution in [1.29, 1.82) is 0 Å². The second-order valence-corrected chi connectivity index (χ2v) is 6.74. The molecule has 1 aliphatic rings. The van der Waals surface area contributed by atoms with Crippen LogP contribution in [0.25, 0.3) is 0 Å². The summed E-state index contributed by atoms with van der Waals surface area (Å²) >= 11 is 7.68. The van der Waals surface area contributed by atoms with Gasteiger partial charge in [0.25, 0.3) is 5.91 Å². The van der Waals surface area contributed by atoms with E-state index in [9.17, 15) is 4.79 Å². The van der Waals surface area contributed by atoms with E-state index in [1.54, 1.807) is 35.3 Å². The lowest BCUT2D eigenvalue weighted by molar-refractivity contribution is -0.114. The fourth-order valence-corrected chi connectivity index (χ4v) is 3.61. The number of rotatable bonds is 7. The smallest absolute Gasteiger partial charge is 0.263 e. The van der Waals surface area contributed by atoms with Gasteiger partial charge in [-0.3, -0.25) is 9.69 Å². The lowest BCUT2D eigenvalue weighted by Gasteiger charge is -2.32. The van der Waals surface area contributed by atoms with Crippen LogP contribution in [0, 0.1) is 0 Å². The maximum atomic E-state index is 13.3.